The Balaban J connectivity index is 2.75. The topological polar surface area (TPSA) is 95.5 Å². The highest BCUT2D eigenvalue weighted by molar-refractivity contribution is 5.72. The molecule has 1 rings (SSSR count). The highest BCUT2D eigenvalue weighted by atomic mass is 16.7. The number of hydrogen-bond acceptors (Lipinski definition) is 5. The van der Waals surface area contributed by atoms with Crippen LogP contribution in [0.4, 0.5) is 0 Å². The maximum atomic E-state index is 10.7. The number of carbonyl (C=O) groups is 1. The molecule has 1 heterocycles. The van der Waals surface area contributed by atoms with Gasteiger partial charge in [-0.25, -0.2) is 4.79 Å². The van der Waals surface area contributed by atoms with Crippen molar-refractivity contribution in [2.75, 3.05) is 0 Å². The minimum atomic E-state index is -0.857. The number of aromatic nitrogens is 1. The molecule has 0 aliphatic carbocycles. The Kier molecular flexibility index (Phi) is 2.40. The van der Waals surface area contributed by atoms with Crippen LogP contribution < -0.4 is 4.84 Å². The average Bonchev–Trinajstić information content (AvgIpc) is 2.36. The van der Waals surface area contributed by atoms with Crippen LogP contribution in [0.1, 0.15) is 6.42 Å². The van der Waals surface area contributed by atoms with Gasteiger partial charge in [0.1, 0.15) is 6.42 Å². The Morgan fingerprint density at radius 1 is 1.54 bits per heavy atom. The zero-order valence-corrected chi connectivity index (χ0v) is 6.47. The summed E-state index contributed by atoms with van der Waals surface area (Å²) in [6, 6.07) is 3.86. The van der Waals surface area contributed by atoms with Gasteiger partial charge >= 0.3 is 5.97 Å². The van der Waals surface area contributed by atoms with Gasteiger partial charge in [0.25, 0.3) is 0 Å². The largest absolute Gasteiger partial charge is 0.492 e. The van der Waals surface area contributed by atoms with E-state index in [0.29, 0.717) is 4.73 Å². The minimum absolute atomic E-state index is 0.413. The van der Waals surface area contributed by atoms with Gasteiger partial charge in [0.05, 0.1) is 6.07 Å². The second-order valence-corrected chi connectivity index (χ2v) is 2.14. The van der Waals surface area contributed by atoms with Crippen LogP contribution in [-0.4, -0.2) is 20.9 Å². The van der Waals surface area contributed by atoms with Gasteiger partial charge < -0.3 is 15.1 Å². The molecule has 2 N–H and O–H groups in total. The standard InChI is InChI=1S/C7H6N2O4/c8-4-3-7(12)13-9-5(10)1-2-6(9)11/h1-2,10-11H,3H2. The van der Waals surface area contributed by atoms with Gasteiger partial charge in [-0.3, -0.25) is 0 Å². The van der Waals surface area contributed by atoms with E-state index in [9.17, 15) is 4.79 Å². The van der Waals surface area contributed by atoms with E-state index in [1.807, 2.05) is 0 Å². The summed E-state index contributed by atoms with van der Waals surface area (Å²) in [6.45, 7) is 0. The molecule has 0 atom stereocenters. The van der Waals surface area contributed by atoms with Crippen molar-refractivity contribution in [3.8, 4) is 17.8 Å². The van der Waals surface area contributed by atoms with E-state index in [0.717, 1.165) is 12.1 Å². The average molecular weight is 182 g/mol. The smallest absolute Gasteiger partial charge is 0.347 e. The molecule has 0 unspecified atom stereocenters. The SMILES string of the molecule is N#CCC(=O)On1c(O)ccc1O. The summed E-state index contributed by atoms with van der Waals surface area (Å²) >= 11 is 0. The molecule has 0 spiro atoms. The van der Waals surface area contributed by atoms with Gasteiger partial charge in [-0.2, -0.15) is 5.26 Å². The number of nitrogens with zero attached hydrogens (tertiary/aromatic N) is 2. The first-order chi connectivity index (χ1) is 6.15. The first-order valence-corrected chi connectivity index (χ1v) is 3.33. The zero-order chi connectivity index (χ0) is 9.84. The number of aromatic hydroxyl groups is 2. The molecule has 0 bridgehead atoms. The highest BCUT2D eigenvalue weighted by Crippen LogP contribution is 2.18. The summed E-state index contributed by atoms with van der Waals surface area (Å²) in [4.78, 5) is 15.1. The van der Waals surface area contributed by atoms with Gasteiger partial charge in [0.2, 0.25) is 11.8 Å². The minimum Gasteiger partial charge on any atom is -0.492 e. The monoisotopic (exact) mass is 182 g/mol. The van der Waals surface area contributed by atoms with Crippen molar-refractivity contribution in [3.63, 3.8) is 0 Å². The third kappa shape index (κ3) is 1.90. The third-order valence-electron chi connectivity index (χ3n) is 1.21. The third-order valence-corrected chi connectivity index (χ3v) is 1.21. The quantitative estimate of drug-likeness (QED) is 0.658. The van der Waals surface area contributed by atoms with Crippen molar-refractivity contribution in [1.29, 1.82) is 5.26 Å². The van der Waals surface area contributed by atoms with Gasteiger partial charge in [-0.15, -0.1) is 4.73 Å². The number of nitriles is 1. The maximum Gasteiger partial charge on any atom is 0.347 e. The van der Waals surface area contributed by atoms with E-state index in [1.54, 1.807) is 6.07 Å². The molecule has 0 aromatic carbocycles. The number of hydrogen-bond donors (Lipinski definition) is 2. The summed E-state index contributed by atoms with van der Waals surface area (Å²) in [5.74, 6) is -1.68. The van der Waals surface area contributed by atoms with Gasteiger partial charge in [-0.05, 0) is 0 Å². The summed E-state index contributed by atoms with van der Waals surface area (Å²) < 4.78 is 0.527. The predicted octanol–water partition coefficient (Wildman–Crippen LogP) is -0.232. The van der Waals surface area contributed by atoms with Gasteiger partial charge in [-0.1, -0.05) is 0 Å². The molecule has 6 nitrogen and oxygen atoms in total. The van der Waals surface area contributed by atoms with Crippen LogP contribution in [0.2, 0.25) is 0 Å². The Labute approximate surface area is 73.2 Å². The van der Waals surface area contributed by atoms with E-state index in [4.69, 9.17) is 15.5 Å². The molecule has 1 aromatic heterocycles. The Hall–Kier alpha value is -2.16. The van der Waals surface area contributed by atoms with Crippen LogP contribution in [0.5, 0.6) is 11.8 Å². The van der Waals surface area contributed by atoms with Gasteiger partial charge in [0, 0.05) is 12.1 Å². The molecule has 0 aliphatic rings. The molecule has 0 saturated carbocycles. The highest BCUT2D eigenvalue weighted by Gasteiger charge is 2.10. The lowest BCUT2D eigenvalue weighted by atomic mass is 10.5. The van der Waals surface area contributed by atoms with Gasteiger partial charge in [0.15, 0.2) is 0 Å². The summed E-state index contributed by atoms with van der Waals surface area (Å²) in [5, 5.41) is 26.1. The van der Waals surface area contributed by atoms with Crippen molar-refractivity contribution in [2.24, 2.45) is 0 Å². The second kappa shape index (κ2) is 3.49. The fourth-order valence-electron chi connectivity index (χ4n) is 0.694. The first-order valence-electron chi connectivity index (χ1n) is 3.33. The molecule has 0 amide bonds. The van der Waals surface area contributed by atoms with Crippen LogP contribution in [0, 0.1) is 11.3 Å². The van der Waals surface area contributed by atoms with E-state index in [-0.39, 0.29) is 0 Å². The molecular formula is C7H6N2O4. The number of rotatable bonds is 2. The van der Waals surface area contributed by atoms with E-state index in [2.05, 4.69) is 4.84 Å². The summed E-state index contributed by atoms with van der Waals surface area (Å²) in [5.41, 5.74) is 0. The first kappa shape index (κ1) is 8.93. The number of carbonyl (C=O) groups excluding carboxylic acids is 1. The van der Waals surface area contributed by atoms with Crippen LogP contribution in [0.25, 0.3) is 0 Å². The van der Waals surface area contributed by atoms with Crippen LogP contribution in [0.3, 0.4) is 0 Å². The Bertz CT molecular complexity index is 344. The lowest BCUT2D eigenvalue weighted by Gasteiger charge is -2.03. The van der Waals surface area contributed by atoms with Crippen molar-refractivity contribution in [2.45, 2.75) is 6.42 Å². The Morgan fingerprint density at radius 3 is 2.54 bits per heavy atom. The molecule has 0 radical (unpaired) electrons. The molecule has 13 heavy (non-hydrogen) atoms. The molecule has 68 valence electrons. The zero-order valence-electron chi connectivity index (χ0n) is 6.47. The molecule has 0 aliphatic heterocycles. The molecule has 6 heteroatoms. The van der Waals surface area contributed by atoms with E-state index < -0.39 is 24.2 Å². The second-order valence-electron chi connectivity index (χ2n) is 2.14. The van der Waals surface area contributed by atoms with Crippen LogP contribution >= 0.6 is 0 Å². The van der Waals surface area contributed by atoms with E-state index in [1.165, 1.54) is 0 Å². The van der Waals surface area contributed by atoms with Crippen LogP contribution in [-0.2, 0) is 4.79 Å². The molecule has 0 saturated heterocycles. The molecular weight excluding hydrogens is 176 g/mol. The van der Waals surface area contributed by atoms with Crippen molar-refractivity contribution in [1.82, 2.24) is 4.73 Å². The lowest BCUT2D eigenvalue weighted by Crippen LogP contribution is -2.17. The summed E-state index contributed by atoms with van der Waals surface area (Å²) in [6.07, 6.45) is -0.447. The fraction of sp³-hybridized carbons (Fsp3) is 0.143. The summed E-state index contributed by atoms with van der Waals surface area (Å²) in [7, 11) is 0. The van der Waals surface area contributed by atoms with Crippen molar-refractivity contribution in [3.05, 3.63) is 12.1 Å². The van der Waals surface area contributed by atoms with Crippen molar-refractivity contribution >= 4 is 5.97 Å². The normalized spacial score (nSPS) is 9.15. The van der Waals surface area contributed by atoms with Crippen LogP contribution in [0.15, 0.2) is 12.1 Å². The maximum absolute atomic E-state index is 10.7. The van der Waals surface area contributed by atoms with Crippen molar-refractivity contribution < 1.29 is 19.8 Å². The molecule has 0 fully saturated rings. The Morgan fingerprint density at radius 2 is 2.08 bits per heavy atom. The fourth-order valence-corrected chi connectivity index (χ4v) is 0.694. The van der Waals surface area contributed by atoms with E-state index >= 15 is 0 Å². The predicted molar refractivity (Wildman–Crippen MR) is 39.6 cm³/mol. The molecule has 1 aromatic rings. The lowest BCUT2D eigenvalue weighted by molar-refractivity contribution is -0.144.